The maximum Gasteiger partial charge on any atom is 0.0158 e. The highest BCUT2D eigenvalue weighted by Crippen LogP contribution is 2.10. The lowest BCUT2D eigenvalue weighted by Gasteiger charge is -2.17. The molecular weight excluding hydrogens is 238 g/mol. The van der Waals surface area contributed by atoms with Gasteiger partial charge >= 0.3 is 0 Å². The van der Waals surface area contributed by atoms with Crippen LogP contribution in [0, 0.1) is 0 Å². The zero-order valence-corrected chi connectivity index (χ0v) is 12.6. The quantitative estimate of drug-likeness (QED) is 0.682. The van der Waals surface area contributed by atoms with E-state index in [1.807, 2.05) is 0 Å². The third-order valence-corrected chi connectivity index (χ3v) is 4.11. The Balaban J connectivity index is 2.23. The van der Waals surface area contributed by atoms with Crippen molar-refractivity contribution in [2.75, 3.05) is 18.1 Å². The van der Waals surface area contributed by atoms with E-state index < -0.39 is 0 Å². The summed E-state index contributed by atoms with van der Waals surface area (Å²) >= 11 is 2.05. The summed E-state index contributed by atoms with van der Waals surface area (Å²) < 4.78 is 0. The van der Waals surface area contributed by atoms with Crippen LogP contribution in [0.4, 0.5) is 0 Å². The molecule has 0 aromatic heterocycles. The predicted octanol–water partition coefficient (Wildman–Crippen LogP) is 4.13. The van der Waals surface area contributed by atoms with Crippen molar-refractivity contribution in [3.63, 3.8) is 0 Å². The Bertz CT molecular complexity index is 278. The van der Waals surface area contributed by atoms with E-state index in [1.165, 1.54) is 42.8 Å². The first-order chi connectivity index (χ1) is 8.86. The molecule has 0 aliphatic carbocycles. The highest BCUT2D eigenvalue weighted by atomic mass is 32.2. The van der Waals surface area contributed by atoms with Gasteiger partial charge in [0.15, 0.2) is 0 Å². The molecular formula is C16H27NS. The lowest BCUT2D eigenvalue weighted by molar-refractivity contribution is 0.504. The molecule has 0 aliphatic rings. The van der Waals surface area contributed by atoms with Crippen LogP contribution in [-0.4, -0.2) is 24.1 Å². The second kappa shape index (κ2) is 10.5. The van der Waals surface area contributed by atoms with Gasteiger partial charge in [0.25, 0.3) is 0 Å². The molecule has 0 aliphatic heterocycles. The molecule has 1 nitrogen and oxygen atoms in total. The number of thioether (sulfide) groups is 1. The van der Waals surface area contributed by atoms with Crippen LogP contribution in [0.15, 0.2) is 30.3 Å². The Morgan fingerprint density at radius 1 is 1.17 bits per heavy atom. The molecule has 0 fully saturated rings. The molecule has 102 valence electrons. The van der Waals surface area contributed by atoms with Gasteiger partial charge in [0.1, 0.15) is 0 Å². The average molecular weight is 265 g/mol. The first-order valence-corrected chi connectivity index (χ1v) is 8.37. The topological polar surface area (TPSA) is 12.0 Å². The average Bonchev–Trinajstić information content (AvgIpc) is 2.42. The Hall–Kier alpha value is -0.470. The molecule has 1 unspecified atom stereocenters. The zero-order chi connectivity index (χ0) is 13.1. The molecule has 0 heterocycles. The van der Waals surface area contributed by atoms with Crippen molar-refractivity contribution in [1.82, 2.24) is 5.32 Å². The van der Waals surface area contributed by atoms with Crippen LogP contribution in [0.5, 0.6) is 0 Å². The molecule has 0 saturated carbocycles. The van der Waals surface area contributed by atoms with E-state index in [-0.39, 0.29) is 0 Å². The van der Waals surface area contributed by atoms with Crippen LogP contribution in [-0.2, 0) is 6.42 Å². The fourth-order valence-electron chi connectivity index (χ4n) is 2.05. The van der Waals surface area contributed by atoms with Gasteiger partial charge in [0.2, 0.25) is 0 Å². The molecule has 1 rings (SSSR count). The van der Waals surface area contributed by atoms with Crippen LogP contribution in [0.3, 0.4) is 0 Å². The molecule has 0 bridgehead atoms. The number of rotatable bonds is 10. The van der Waals surface area contributed by atoms with Gasteiger partial charge in [-0.3, -0.25) is 0 Å². The summed E-state index contributed by atoms with van der Waals surface area (Å²) in [5.41, 5.74) is 1.47. The highest BCUT2D eigenvalue weighted by molar-refractivity contribution is 7.99. The van der Waals surface area contributed by atoms with Crippen molar-refractivity contribution in [2.24, 2.45) is 0 Å². The van der Waals surface area contributed by atoms with E-state index in [2.05, 4.69) is 61.3 Å². The Labute approximate surface area is 117 Å². The van der Waals surface area contributed by atoms with E-state index in [1.54, 1.807) is 0 Å². The number of aryl methyl sites for hydroxylation is 1. The van der Waals surface area contributed by atoms with Gasteiger partial charge in [-0.05, 0) is 43.5 Å². The summed E-state index contributed by atoms with van der Waals surface area (Å²) in [6, 6.07) is 11.5. The summed E-state index contributed by atoms with van der Waals surface area (Å²) in [6.07, 6.45) is 5.02. The summed E-state index contributed by atoms with van der Waals surface area (Å²) in [6.45, 7) is 5.63. The third-order valence-electron chi connectivity index (χ3n) is 3.07. The normalized spacial score (nSPS) is 12.6. The van der Waals surface area contributed by atoms with Gasteiger partial charge in [-0.25, -0.2) is 0 Å². The van der Waals surface area contributed by atoms with Gasteiger partial charge in [0.05, 0.1) is 0 Å². The molecule has 1 aromatic rings. The maximum atomic E-state index is 3.67. The fourth-order valence-corrected chi connectivity index (χ4v) is 2.85. The summed E-state index contributed by atoms with van der Waals surface area (Å²) in [5, 5.41) is 3.67. The molecule has 1 N–H and O–H groups in total. The van der Waals surface area contributed by atoms with Crippen LogP contribution in [0.25, 0.3) is 0 Å². The molecule has 18 heavy (non-hydrogen) atoms. The van der Waals surface area contributed by atoms with Crippen molar-refractivity contribution >= 4 is 11.8 Å². The van der Waals surface area contributed by atoms with Crippen LogP contribution < -0.4 is 5.32 Å². The number of nitrogens with one attached hydrogen (secondary N) is 1. The first kappa shape index (κ1) is 15.6. The van der Waals surface area contributed by atoms with Gasteiger partial charge < -0.3 is 5.32 Å². The standard InChI is InChI=1S/C16H27NS/c1-3-13-17-16(14-18-4-2)12-8-11-15-9-6-5-7-10-15/h5-7,9-10,16-17H,3-4,8,11-14H2,1-2H3. The van der Waals surface area contributed by atoms with Crippen molar-refractivity contribution < 1.29 is 0 Å². The summed E-state index contributed by atoms with van der Waals surface area (Å²) in [5.74, 6) is 2.48. The number of hydrogen-bond acceptors (Lipinski definition) is 2. The van der Waals surface area contributed by atoms with Crippen molar-refractivity contribution in [1.29, 1.82) is 0 Å². The first-order valence-electron chi connectivity index (χ1n) is 7.21. The van der Waals surface area contributed by atoms with E-state index in [9.17, 15) is 0 Å². The molecule has 2 heteroatoms. The molecule has 0 amide bonds. The number of benzene rings is 1. The van der Waals surface area contributed by atoms with Gasteiger partial charge in [-0.1, -0.05) is 44.2 Å². The van der Waals surface area contributed by atoms with Crippen molar-refractivity contribution in [2.45, 2.75) is 45.6 Å². The second-order valence-corrected chi connectivity index (χ2v) is 6.01. The van der Waals surface area contributed by atoms with E-state index in [0.717, 1.165) is 6.54 Å². The van der Waals surface area contributed by atoms with Gasteiger partial charge in [-0.15, -0.1) is 0 Å². The van der Waals surface area contributed by atoms with Crippen LogP contribution in [0.2, 0.25) is 0 Å². The van der Waals surface area contributed by atoms with Crippen LogP contribution in [0.1, 0.15) is 38.7 Å². The maximum absolute atomic E-state index is 3.67. The van der Waals surface area contributed by atoms with E-state index in [0.29, 0.717) is 6.04 Å². The summed E-state index contributed by atoms with van der Waals surface area (Å²) in [7, 11) is 0. The van der Waals surface area contributed by atoms with Gasteiger partial charge in [0, 0.05) is 11.8 Å². The van der Waals surface area contributed by atoms with Crippen molar-refractivity contribution in [3.8, 4) is 0 Å². The molecule has 0 radical (unpaired) electrons. The lowest BCUT2D eigenvalue weighted by Crippen LogP contribution is -2.32. The third kappa shape index (κ3) is 7.07. The minimum atomic E-state index is 0.693. The van der Waals surface area contributed by atoms with E-state index >= 15 is 0 Å². The lowest BCUT2D eigenvalue weighted by atomic mass is 10.1. The molecule has 0 saturated heterocycles. The van der Waals surface area contributed by atoms with Crippen LogP contribution >= 0.6 is 11.8 Å². The Morgan fingerprint density at radius 3 is 2.61 bits per heavy atom. The Morgan fingerprint density at radius 2 is 1.94 bits per heavy atom. The Kier molecular flexibility index (Phi) is 9.05. The van der Waals surface area contributed by atoms with E-state index in [4.69, 9.17) is 0 Å². The largest absolute Gasteiger partial charge is 0.313 e. The van der Waals surface area contributed by atoms with Gasteiger partial charge in [-0.2, -0.15) is 11.8 Å². The number of hydrogen-bond donors (Lipinski definition) is 1. The molecule has 1 aromatic carbocycles. The second-order valence-electron chi connectivity index (χ2n) is 4.69. The summed E-state index contributed by atoms with van der Waals surface area (Å²) in [4.78, 5) is 0. The SMILES string of the molecule is CCCNC(CCCc1ccccc1)CSCC. The molecule has 1 atom stereocenters. The monoisotopic (exact) mass is 265 g/mol. The minimum absolute atomic E-state index is 0.693. The minimum Gasteiger partial charge on any atom is -0.313 e. The molecule has 0 spiro atoms. The highest BCUT2D eigenvalue weighted by Gasteiger charge is 2.07. The smallest absolute Gasteiger partial charge is 0.0158 e. The zero-order valence-electron chi connectivity index (χ0n) is 11.8. The van der Waals surface area contributed by atoms with Crippen molar-refractivity contribution in [3.05, 3.63) is 35.9 Å². The fraction of sp³-hybridized carbons (Fsp3) is 0.625. The predicted molar refractivity (Wildman–Crippen MR) is 84.5 cm³/mol.